The lowest BCUT2D eigenvalue weighted by Gasteiger charge is -2.22. The Bertz CT molecular complexity index is 876. The number of para-hydroxylation sites is 1. The van der Waals surface area contributed by atoms with Crippen molar-refractivity contribution in [2.24, 2.45) is 5.92 Å². The Morgan fingerprint density at radius 1 is 1.20 bits per heavy atom. The minimum atomic E-state index is 0.0306. The van der Waals surface area contributed by atoms with E-state index in [1.807, 2.05) is 30.1 Å². The molecule has 6 nitrogen and oxygen atoms in total. The van der Waals surface area contributed by atoms with Crippen molar-refractivity contribution >= 4 is 22.6 Å². The number of hydrogen-bond acceptors (Lipinski definition) is 4. The zero-order valence-electron chi connectivity index (χ0n) is 14.2. The fraction of sp³-hybridized carbons (Fsp3) is 0.316. The van der Waals surface area contributed by atoms with Crippen LogP contribution in [0.15, 0.2) is 48.5 Å². The summed E-state index contributed by atoms with van der Waals surface area (Å²) in [5.74, 6) is 0.521. The minimum Gasteiger partial charge on any atom is -0.371 e. The van der Waals surface area contributed by atoms with Crippen LogP contribution in [0, 0.1) is 5.92 Å². The zero-order chi connectivity index (χ0) is 17.2. The number of carbonyl (C=O) groups excluding carboxylic acids is 1. The van der Waals surface area contributed by atoms with E-state index >= 15 is 0 Å². The van der Waals surface area contributed by atoms with Gasteiger partial charge in [0, 0.05) is 37.9 Å². The average molecular weight is 335 g/mol. The molecule has 0 saturated carbocycles. The minimum absolute atomic E-state index is 0.0306. The number of amides is 1. The van der Waals surface area contributed by atoms with Crippen molar-refractivity contribution < 1.29 is 4.79 Å². The number of fused-ring (bicyclic) bond motifs is 1. The van der Waals surface area contributed by atoms with E-state index in [0.29, 0.717) is 11.5 Å². The third kappa shape index (κ3) is 3.20. The maximum atomic E-state index is 12.7. The summed E-state index contributed by atoms with van der Waals surface area (Å²) in [6, 6.07) is 15.9. The number of benzene rings is 2. The highest BCUT2D eigenvalue weighted by Gasteiger charge is 2.25. The third-order valence-electron chi connectivity index (χ3n) is 4.85. The lowest BCUT2D eigenvalue weighted by molar-refractivity contribution is 0.0776. The summed E-state index contributed by atoms with van der Waals surface area (Å²) in [7, 11) is 1.88. The largest absolute Gasteiger partial charge is 0.371 e. The number of aromatic nitrogens is 3. The van der Waals surface area contributed by atoms with E-state index in [1.54, 1.807) is 6.07 Å². The molecule has 0 radical (unpaired) electrons. The quantitative estimate of drug-likeness (QED) is 0.796. The molecule has 3 aromatic rings. The summed E-state index contributed by atoms with van der Waals surface area (Å²) in [4.78, 5) is 16.9. The molecule has 1 N–H and O–H groups in total. The fourth-order valence-electron chi connectivity index (χ4n) is 3.52. The van der Waals surface area contributed by atoms with Gasteiger partial charge in [0.05, 0.1) is 0 Å². The Hall–Kier alpha value is -2.89. The Morgan fingerprint density at radius 3 is 2.84 bits per heavy atom. The molecule has 0 aliphatic carbocycles. The van der Waals surface area contributed by atoms with Gasteiger partial charge in [-0.15, -0.1) is 0 Å². The Labute approximate surface area is 146 Å². The molecule has 1 unspecified atom stereocenters. The van der Waals surface area contributed by atoms with Crippen LogP contribution >= 0.6 is 0 Å². The second kappa shape index (κ2) is 6.55. The topological polar surface area (TPSA) is 65.1 Å². The van der Waals surface area contributed by atoms with Crippen LogP contribution in [0.25, 0.3) is 11.0 Å². The molecule has 4 rings (SSSR count). The van der Waals surface area contributed by atoms with Crippen LogP contribution in [0.4, 0.5) is 5.69 Å². The van der Waals surface area contributed by atoms with Crippen LogP contribution in [0.5, 0.6) is 0 Å². The van der Waals surface area contributed by atoms with Gasteiger partial charge in [-0.1, -0.05) is 18.2 Å². The van der Waals surface area contributed by atoms with E-state index < -0.39 is 0 Å². The average Bonchev–Trinajstić information content (AvgIpc) is 3.30. The number of H-pyrrole nitrogens is 1. The van der Waals surface area contributed by atoms with Crippen LogP contribution < -0.4 is 4.90 Å². The van der Waals surface area contributed by atoms with Gasteiger partial charge >= 0.3 is 0 Å². The van der Waals surface area contributed by atoms with Gasteiger partial charge in [-0.25, -0.2) is 0 Å². The molecular weight excluding hydrogens is 314 g/mol. The predicted molar refractivity (Wildman–Crippen MR) is 97.6 cm³/mol. The smallest absolute Gasteiger partial charge is 0.253 e. The first-order valence-electron chi connectivity index (χ1n) is 8.57. The molecule has 1 fully saturated rings. The number of aromatic amines is 1. The Kier molecular flexibility index (Phi) is 4.09. The fourth-order valence-corrected chi connectivity index (χ4v) is 3.52. The predicted octanol–water partition coefficient (Wildman–Crippen LogP) is 2.56. The van der Waals surface area contributed by atoms with Crippen molar-refractivity contribution in [3.63, 3.8) is 0 Å². The summed E-state index contributed by atoms with van der Waals surface area (Å²) >= 11 is 0. The molecule has 2 aromatic carbocycles. The van der Waals surface area contributed by atoms with Crippen molar-refractivity contribution in [1.82, 2.24) is 20.3 Å². The second-order valence-corrected chi connectivity index (χ2v) is 6.65. The van der Waals surface area contributed by atoms with Crippen molar-refractivity contribution in [3.8, 4) is 0 Å². The lowest BCUT2D eigenvalue weighted by Crippen LogP contribution is -2.33. The van der Waals surface area contributed by atoms with Gasteiger partial charge < -0.3 is 9.80 Å². The first kappa shape index (κ1) is 15.6. The first-order valence-corrected chi connectivity index (χ1v) is 8.57. The molecule has 25 heavy (non-hydrogen) atoms. The van der Waals surface area contributed by atoms with Crippen LogP contribution in [0.2, 0.25) is 0 Å². The highest BCUT2D eigenvalue weighted by molar-refractivity contribution is 5.97. The maximum Gasteiger partial charge on any atom is 0.253 e. The maximum absolute atomic E-state index is 12.7. The molecular formula is C19H21N5O. The first-order chi connectivity index (χ1) is 12.2. The Morgan fingerprint density at radius 2 is 2.00 bits per heavy atom. The van der Waals surface area contributed by atoms with Gasteiger partial charge in [-0.2, -0.15) is 15.4 Å². The Balaban J connectivity index is 1.40. The zero-order valence-corrected chi connectivity index (χ0v) is 14.2. The van der Waals surface area contributed by atoms with Gasteiger partial charge in [-0.3, -0.25) is 4.79 Å². The van der Waals surface area contributed by atoms with Crippen LogP contribution in [0.3, 0.4) is 0 Å². The second-order valence-electron chi connectivity index (χ2n) is 6.65. The van der Waals surface area contributed by atoms with Crippen LogP contribution in [-0.4, -0.2) is 52.9 Å². The van der Waals surface area contributed by atoms with Crippen molar-refractivity contribution in [2.75, 3.05) is 31.6 Å². The molecule has 1 aliphatic rings. The van der Waals surface area contributed by atoms with Crippen molar-refractivity contribution in [3.05, 3.63) is 54.1 Å². The van der Waals surface area contributed by atoms with Gasteiger partial charge in [0.15, 0.2) is 0 Å². The van der Waals surface area contributed by atoms with E-state index in [0.717, 1.165) is 37.1 Å². The third-order valence-corrected chi connectivity index (χ3v) is 4.85. The standard InChI is InChI=1S/C19H21N5O/c1-23(19(25)15-7-8-17-18(11-15)21-22-20-17)12-14-9-10-24(13-14)16-5-3-2-4-6-16/h2-8,11,14H,9-10,12-13H2,1H3,(H,20,21,22). The molecule has 1 atom stereocenters. The molecule has 1 amide bonds. The van der Waals surface area contributed by atoms with E-state index in [4.69, 9.17) is 0 Å². The van der Waals surface area contributed by atoms with Gasteiger partial charge in [0.2, 0.25) is 0 Å². The molecule has 6 heteroatoms. The van der Waals surface area contributed by atoms with Crippen molar-refractivity contribution in [2.45, 2.75) is 6.42 Å². The highest BCUT2D eigenvalue weighted by atomic mass is 16.2. The van der Waals surface area contributed by atoms with E-state index in [9.17, 15) is 4.79 Å². The van der Waals surface area contributed by atoms with E-state index in [-0.39, 0.29) is 5.91 Å². The van der Waals surface area contributed by atoms with Crippen LogP contribution in [-0.2, 0) is 0 Å². The lowest BCUT2D eigenvalue weighted by atomic mass is 10.1. The molecule has 0 spiro atoms. The van der Waals surface area contributed by atoms with E-state index in [1.165, 1.54) is 5.69 Å². The SMILES string of the molecule is CN(CC1CCN(c2ccccc2)C1)C(=O)c1ccc2n[nH]nc2c1. The van der Waals surface area contributed by atoms with Gasteiger partial charge in [-0.05, 0) is 42.7 Å². The molecule has 128 valence electrons. The van der Waals surface area contributed by atoms with Gasteiger partial charge in [0.25, 0.3) is 5.91 Å². The number of hydrogen-bond donors (Lipinski definition) is 1. The normalized spacial score (nSPS) is 17.2. The molecule has 1 saturated heterocycles. The number of nitrogens with zero attached hydrogens (tertiary/aromatic N) is 4. The highest BCUT2D eigenvalue weighted by Crippen LogP contribution is 2.24. The van der Waals surface area contributed by atoms with Crippen molar-refractivity contribution in [1.29, 1.82) is 0 Å². The van der Waals surface area contributed by atoms with E-state index in [2.05, 4.69) is 44.6 Å². The summed E-state index contributed by atoms with van der Waals surface area (Å²) in [6.45, 7) is 2.80. The molecule has 2 heterocycles. The molecule has 0 bridgehead atoms. The number of anilines is 1. The van der Waals surface area contributed by atoms with Crippen LogP contribution in [0.1, 0.15) is 16.8 Å². The number of nitrogens with one attached hydrogen (secondary N) is 1. The number of carbonyl (C=O) groups is 1. The molecule has 1 aromatic heterocycles. The summed E-state index contributed by atoms with van der Waals surface area (Å²) in [5.41, 5.74) is 3.40. The summed E-state index contributed by atoms with van der Waals surface area (Å²) in [6.07, 6.45) is 1.11. The summed E-state index contributed by atoms with van der Waals surface area (Å²) in [5, 5.41) is 10.7. The number of rotatable bonds is 4. The van der Waals surface area contributed by atoms with Gasteiger partial charge in [0.1, 0.15) is 11.0 Å². The monoisotopic (exact) mass is 335 g/mol. The molecule has 1 aliphatic heterocycles. The summed E-state index contributed by atoms with van der Waals surface area (Å²) < 4.78 is 0.